The number of rotatable bonds is 3. The van der Waals surface area contributed by atoms with Gasteiger partial charge < -0.3 is 4.74 Å². The number of pyridine rings is 1. The highest BCUT2D eigenvalue weighted by atomic mass is 35.5. The highest BCUT2D eigenvalue weighted by molar-refractivity contribution is 6.30. The maximum Gasteiger partial charge on any atom is 0.344 e. The smallest absolute Gasteiger partial charge is 0.344 e. The van der Waals surface area contributed by atoms with Crippen molar-refractivity contribution < 1.29 is 9.53 Å². The fourth-order valence-electron chi connectivity index (χ4n) is 3.59. The van der Waals surface area contributed by atoms with Crippen LogP contribution in [0.2, 0.25) is 5.02 Å². The molecule has 1 aromatic heterocycles. The molecule has 1 heterocycles. The van der Waals surface area contributed by atoms with Crippen LogP contribution in [-0.2, 0) is 0 Å². The molecule has 4 rings (SSSR count). The topological polar surface area (TPSA) is 39.2 Å². The summed E-state index contributed by atoms with van der Waals surface area (Å²) in [6.07, 6.45) is 0. The van der Waals surface area contributed by atoms with Crippen LogP contribution in [0.4, 0.5) is 0 Å². The molecule has 0 bridgehead atoms. The number of carbonyl (C=O) groups is 1. The number of halogens is 1. The van der Waals surface area contributed by atoms with Gasteiger partial charge in [0.1, 0.15) is 5.75 Å². The van der Waals surface area contributed by atoms with Crippen LogP contribution < -0.4 is 4.74 Å². The second kappa shape index (κ2) is 7.92. The maximum atomic E-state index is 13.3. The molecule has 3 nitrogen and oxygen atoms in total. The zero-order chi connectivity index (χ0) is 21.4. The molecule has 4 heteroatoms. The van der Waals surface area contributed by atoms with E-state index in [0.29, 0.717) is 22.0 Å². The fraction of sp³-hybridized carbons (Fsp3) is 0.154. The standard InChI is InChI=1S/C26H22ClNO2/c1-15-5-6-17(3)24(13-15)30-26(29)22-14-23(19-7-9-20(27)10-8-19)28-25-18(4)11-16(2)12-21(22)25/h5-14H,1-4H3. The van der Waals surface area contributed by atoms with E-state index in [1.165, 1.54) is 0 Å². The summed E-state index contributed by atoms with van der Waals surface area (Å²) < 4.78 is 5.82. The number of hydrogen-bond donors (Lipinski definition) is 0. The Hall–Kier alpha value is -3.17. The van der Waals surface area contributed by atoms with Crippen molar-refractivity contribution in [3.63, 3.8) is 0 Å². The lowest BCUT2D eigenvalue weighted by Gasteiger charge is -2.13. The summed E-state index contributed by atoms with van der Waals surface area (Å²) in [4.78, 5) is 18.1. The number of ether oxygens (including phenoxy) is 1. The van der Waals surface area contributed by atoms with Crippen LogP contribution in [0.1, 0.15) is 32.6 Å². The molecule has 0 radical (unpaired) electrons. The van der Waals surface area contributed by atoms with Gasteiger partial charge in [-0.05, 0) is 74.7 Å². The van der Waals surface area contributed by atoms with Crippen molar-refractivity contribution in [2.24, 2.45) is 0 Å². The van der Waals surface area contributed by atoms with Gasteiger partial charge in [-0.1, -0.05) is 47.5 Å². The summed E-state index contributed by atoms with van der Waals surface area (Å²) >= 11 is 6.04. The van der Waals surface area contributed by atoms with E-state index in [1.807, 2.05) is 76.2 Å². The van der Waals surface area contributed by atoms with Crippen LogP contribution in [0.3, 0.4) is 0 Å². The fourth-order valence-corrected chi connectivity index (χ4v) is 3.72. The molecular formula is C26H22ClNO2. The predicted molar refractivity (Wildman–Crippen MR) is 123 cm³/mol. The first-order valence-electron chi connectivity index (χ1n) is 9.79. The second-order valence-electron chi connectivity index (χ2n) is 7.70. The van der Waals surface area contributed by atoms with Gasteiger partial charge in [0.05, 0.1) is 16.8 Å². The predicted octanol–water partition coefficient (Wildman–Crippen LogP) is 7.01. The molecule has 0 aliphatic rings. The van der Waals surface area contributed by atoms with Crippen LogP contribution in [0.5, 0.6) is 5.75 Å². The molecule has 0 aliphatic carbocycles. The molecule has 150 valence electrons. The quantitative estimate of drug-likeness (QED) is 0.267. The average Bonchev–Trinajstić information content (AvgIpc) is 2.70. The monoisotopic (exact) mass is 415 g/mol. The third kappa shape index (κ3) is 3.94. The Morgan fingerprint density at radius 1 is 0.833 bits per heavy atom. The Morgan fingerprint density at radius 2 is 1.57 bits per heavy atom. The minimum atomic E-state index is -0.392. The number of aromatic nitrogens is 1. The van der Waals surface area contributed by atoms with Crippen molar-refractivity contribution in [2.75, 3.05) is 0 Å². The number of esters is 1. The van der Waals surface area contributed by atoms with Gasteiger partial charge in [-0.2, -0.15) is 0 Å². The Bertz CT molecular complexity index is 1280. The van der Waals surface area contributed by atoms with Crippen LogP contribution >= 0.6 is 11.6 Å². The van der Waals surface area contributed by atoms with E-state index in [4.69, 9.17) is 21.3 Å². The Morgan fingerprint density at radius 3 is 2.30 bits per heavy atom. The number of benzene rings is 3. The number of nitrogens with zero attached hydrogens (tertiary/aromatic N) is 1. The van der Waals surface area contributed by atoms with Crippen molar-refractivity contribution in [1.29, 1.82) is 0 Å². The van der Waals surface area contributed by atoms with Crippen LogP contribution in [-0.4, -0.2) is 11.0 Å². The van der Waals surface area contributed by atoms with E-state index in [0.717, 1.165) is 38.7 Å². The molecule has 0 fully saturated rings. The minimum Gasteiger partial charge on any atom is -0.423 e. The van der Waals surface area contributed by atoms with E-state index in [1.54, 1.807) is 6.07 Å². The zero-order valence-electron chi connectivity index (χ0n) is 17.4. The number of fused-ring (bicyclic) bond motifs is 1. The molecule has 0 saturated carbocycles. The lowest BCUT2D eigenvalue weighted by molar-refractivity contribution is 0.0735. The Balaban J connectivity index is 1.89. The Kier molecular flexibility index (Phi) is 5.31. The van der Waals surface area contributed by atoms with Gasteiger partial charge in [0.2, 0.25) is 0 Å². The van der Waals surface area contributed by atoms with Crippen molar-refractivity contribution in [3.8, 4) is 17.0 Å². The Labute approximate surface area is 181 Å². The maximum absolute atomic E-state index is 13.3. The highest BCUT2D eigenvalue weighted by Gasteiger charge is 2.18. The summed E-state index contributed by atoms with van der Waals surface area (Å²) in [6.45, 7) is 7.93. The van der Waals surface area contributed by atoms with E-state index >= 15 is 0 Å². The molecule has 0 amide bonds. The van der Waals surface area contributed by atoms with E-state index in [-0.39, 0.29) is 0 Å². The molecule has 3 aromatic carbocycles. The van der Waals surface area contributed by atoms with Crippen molar-refractivity contribution in [1.82, 2.24) is 4.98 Å². The van der Waals surface area contributed by atoms with E-state index in [9.17, 15) is 4.79 Å². The highest BCUT2D eigenvalue weighted by Crippen LogP contribution is 2.30. The largest absolute Gasteiger partial charge is 0.423 e. The van der Waals surface area contributed by atoms with Gasteiger partial charge >= 0.3 is 5.97 Å². The van der Waals surface area contributed by atoms with Crippen molar-refractivity contribution in [3.05, 3.63) is 93.5 Å². The van der Waals surface area contributed by atoms with E-state index < -0.39 is 5.97 Å². The molecule has 4 aromatic rings. The normalized spacial score (nSPS) is 11.0. The third-order valence-corrected chi connectivity index (χ3v) is 5.41. The summed E-state index contributed by atoms with van der Waals surface area (Å²) in [7, 11) is 0. The SMILES string of the molecule is Cc1ccc(C)c(OC(=O)c2cc(-c3ccc(Cl)cc3)nc3c(C)cc(C)cc23)c1. The summed E-state index contributed by atoms with van der Waals surface area (Å²) in [5, 5.41) is 1.45. The summed E-state index contributed by atoms with van der Waals surface area (Å²) in [6, 6.07) is 19.1. The molecule has 0 N–H and O–H groups in total. The molecule has 30 heavy (non-hydrogen) atoms. The van der Waals surface area contributed by atoms with Gasteiger partial charge in [-0.25, -0.2) is 9.78 Å². The van der Waals surface area contributed by atoms with Crippen LogP contribution in [0.25, 0.3) is 22.2 Å². The molecule has 0 atom stereocenters. The average molecular weight is 416 g/mol. The third-order valence-electron chi connectivity index (χ3n) is 5.15. The second-order valence-corrected chi connectivity index (χ2v) is 8.13. The zero-order valence-corrected chi connectivity index (χ0v) is 18.2. The van der Waals surface area contributed by atoms with E-state index in [2.05, 4.69) is 6.07 Å². The first-order chi connectivity index (χ1) is 14.3. The number of aryl methyl sites for hydroxylation is 4. The van der Waals surface area contributed by atoms with Gasteiger partial charge in [-0.15, -0.1) is 0 Å². The molecule has 0 aliphatic heterocycles. The van der Waals surface area contributed by atoms with Gasteiger partial charge in [0.25, 0.3) is 0 Å². The van der Waals surface area contributed by atoms with Crippen molar-refractivity contribution in [2.45, 2.75) is 27.7 Å². The van der Waals surface area contributed by atoms with Crippen molar-refractivity contribution >= 4 is 28.5 Å². The number of carbonyl (C=O) groups excluding carboxylic acids is 1. The number of hydrogen-bond acceptors (Lipinski definition) is 3. The molecular weight excluding hydrogens is 394 g/mol. The first kappa shape index (κ1) is 20.1. The van der Waals surface area contributed by atoms with Crippen LogP contribution in [0.15, 0.2) is 60.7 Å². The van der Waals surface area contributed by atoms with Gasteiger partial charge in [0.15, 0.2) is 0 Å². The van der Waals surface area contributed by atoms with Gasteiger partial charge in [0, 0.05) is 16.0 Å². The van der Waals surface area contributed by atoms with Gasteiger partial charge in [-0.3, -0.25) is 0 Å². The van der Waals surface area contributed by atoms with Crippen LogP contribution in [0, 0.1) is 27.7 Å². The minimum absolute atomic E-state index is 0.392. The summed E-state index contributed by atoms with van der Waals surface area (Å²) in [5.41, 5.74) is 6.93. The first-order valence-corrected chi connectivity index (χ1v) is 10.2. The summed E-state index contributed by atoms with van der Waals surface area (Å²) in [5.74, 6) is 0.179. The molecule has 0 unspecified atom stereocenters. The molecule has 0 saturated heterocycles. The molecule has 0 spiro atoms. The lowest BCUT2D eigenvalue weighted by Crippen LogP contribution is -2.11. The lowest BCUT2D eigenvalue weighted by atomic mass is 10.00.